The minimum Gasteiger partial charge on any atom is -0.478 e. The van der Waals surface area contributed by atoms with E-state index in [1.807, 2.05) is 6.92 Å². The molecule has 92 valence electrons. The molecule has 0 aliphatic heterocycles. The van der Waals surface area contributed by atoms with Gasteiger partial charge in [-0.25, -0.2) is 4.79 Å². The summed E-state index contributed by atoms with van der Waals surface area (Å²) in [6.07, 6.45) is 1.18. The van der Waals surface area contributed by atoms with Crippen LogP contribution in [0.5, 0.6) is 0 Å². The molecule has 2 aromatic rings. The first kappa shape index (κ1) is 11.9. The zero-order valence-corrected chi connectivity index (χ0v) is 9.62. The van der Waals surface area contributed by atoms with E-state index in [0.717, 1.165) is 11.1 Å². The smallest absolute Gasteiger partial charge is 0.335 e. The molecule has 0 atom stereocenters. The van der Waals surface area contributed by atoms with E-state index in [1.165, 1.54) is 12.3 Å². The number of carboxylic acid groups (broad SMARTS) is 1. The molecule has 0 radical (unpaired) electrons. The van der Waals surface area contributed by atoms with Crippen molar-refractivity contribution in [3.05, 3.63) is 47.2 Å². The number of nitrogens with zero attached hydrogens (tertiary/aromatic N) is 1. The fraction of sp³-hybridized carbons (Fsp3) is 0.0769. The van der Waals surface area contributed by atoms with E-state index in [2.05, 4.69) is 5.16 Å². The highest BCUT2D eigenvalue weighted by molar-refractivity contribution is 5.89. The van der Waals surface area contributed by atoms with Crippen molar-refractivity contribution in [3.8, 4) is 11.3 Å². The van der Waals surface area contributed by atoms with Gasteiger partial charge in [0.25, 0.3) is 0 Å². The van der Waals surface area contributed by atoms with Crippen LogP contribution in [-0.2, 0) is 0 Å². The Hall–Kier alpha value is -2.56. The van der Waals surface area contributed by atoms with Crippen molar-refractivity contribution in [1.82, 2.24) is 0 Å². The average Bonchev–Trinajstić information content (AvgIpc) is 2.77. The van der Waals surface area contributed by atoms with Crippen LogP contribution in [0.15, 0.2) is 39.9 Å². The molecule has 1 aromatic carbocycles. The number of aromatic carboxylic acids is 1. The van der Waals surface area contributed by atoms with E-state index in [0.29, 0.717) is 11.5 Å². The molecule has 0 unspecified atom stereocenters. The van der Waals surface area contributed by atoms with Crippen LogP contribution < -0.4 is 0 Å². The molecule has 0 aliphatic rings. The largest absolute Gasteiger partial charge is 0.478 e. The Kier molecular flexibility index (Phi) is 3.14. The summed E-state index contributed by atoms with van der Waals surface area (Å²) in [5, 5.41) is 20.1. The van der Waals surface area contributed by atoms with Crippen molar-refractivity contribution in [2.75, 3.05) is 0 Å². The Morgan fingerprint density at radius 1 is 1.33 bits per heavy atom. The number of oxime groups is 1. The molecule has 1 heterocycles. The first-order valence-electron chi connectivity index (χ1n) is 5.23. The zero-order valence-electron chi connectivity index (χ0n) is 9.62. The highest BCUT2D eigenvalue weighted by Crippen LogP contribution is 2.26. The maximum atomic E-state index is 10.8. The van der Waals surface area contributed by atoms with Crippen molar-refractivity contribution in [2.45, 2.75) is 6.92 Å². The first-order chi connectivity index (χ1) is 8.61. The van der Waals surface area contributed by atoms with Crippen molar-refractivity contribution in [3.63, 3.8) is 0 Å². The number of rotatable bonds is 3. The summed E-state index contributed by atoms with van der Waals surface area (Å²) in [6, 6.07) is 8.20. The molecule has 0 fully saturated rings. The summed E-state index contributed by atoms with van der Waals surface area (Å²) in [4.78, 5) is 10.8. The lowest BCUT2D eigenvalue weighted by molar-refractivity contribution is 0.0697. The van der Waals surface area contributed by atoms with Crippen molar-refractivity contribution >= 4 is 12.2 Å². The van der Waals surface area contributed by atoms with Gasteiger partial charge in [0.2, 0.25) is 0 Å². The van der Waals surface area contributed by atoms with Gasteiger partial charge < -0.3 is 14.7 Å². The Morgan fingerprint density at radius 3 is 2.72 bits per heavy atom. The van der Waals surface area contributed by atoms with Gasteiger partial charge in [0, 0.05) is 5.56 Å². The van der Waals surface area contributed by atoms with Crippen molar-refractivity contribution in [2.24, 2.45) is 5.16 Å². The Labute approximate surface area is 103 Å². The molecule has 0 aliphatic carbocycles. The number of carbonyl (C=O) groups is 1. The average molecular weight is 245 g/mol. The molecule has 5 heteroatoms. The standard InChI is InChI=1S/C13H11NO4/c1-8-6-9(13(15)16)2-4-11(8)12-5-3-10(18-12)7-14-17/h2-7,17H,1H3,(H,15,16). The number of hydrogen-bond donors (Lipinski definition) is 2. The van der Waals surface area contributed by atoms with Gasteiger partial charge in [-0.1, -0.05) is 11.2 Å². The van der Waals surface area contributed by atoms with Crippen molar-refractivity contribution in [1.29, 1.82) is 0 Å². The normalized spacial score (nSPS) is 10.9. The number of benzene rings is 1. The third-order valence-electron chi connectivity index (χ3n) is 2.55. The van der Waals surface area contributed by atoms with Gasteiger partial charge in [-0.3, -0.25) is 0 Å². The van der Waals surface area contributed by atoms with E-state index >= 15 is 0 Å². The number of carboxylic acids is 1. The highest BCUT2D eigenvalue weighted by Gasteiger charge is 2.10. The van der Waals surface area contributed by atoms with E-state index in [4.69, 9.17) is 14.7 Å². The fourth-order valence-electron chi connectivity index (χ4n) is 1.70. The van der Waals surface area contributed by atoms with Crippen LogP contribution in [0.1, 0.15) is 21.7 Å². The second kappa shape index (κ2) is 4.75. The fourth-order valence-corrected chi connectivity index (χ4v) is 1.70. The minimum atomic E-state index is -0.961. The monoisotopic (exact) mass is 245 g/mol. The predicted molar refractivity (Wildman–Crippen MR) is 65.2 cm³/mol. The van der Waals surface area contributed by atoms with Crippen LogP contribution in [0.2, 0.25) is 0 Å². The lowest BCUT2D eigenvalue weighted by atomic mass is 10.0. The third-order valence-corrected chi connectivity index (χ3v) is 2.55. The molecule has 0 amide bonds. The van der Waals surface area contributed by atoms with Crippen LogP contribution in [-0.4, -0.2) is 22.5 Å². The summed E-state index contributed by atoms with van der Waals surface area (Å²) in [7, 11) is 0. The molecule has 2 N–H and O–H groups in total. The van der Waals surface area contributed by atoms with Gasteiger partial charge >= 0.3 is 5.97 Å². The van der Waals surface area contributed by atoms with E-state index in [-0.39, 0.29) is 5.56 Å². The molecule has 0 spiro atoms. The molecule has 1 aromatic heterocycles. The van der Waals surface area contributed by atoms with Gasteiger partial charge in [0.05, 0.1) is 5.56 Å². The minimum absolute atomic E-state index is 0.236. The topological polar surface area (TPSA) is 83.0 Å². The van der Waals surface area contributed by atoms with E-state index in [1.54, 1.807) is 24.3 Å². The maximum Gasteiger partial charge on any atom is 0.335 e. The number of hydrogen-bond acceptors (Lipinski definition) is 4. The van der Waals surface area contributed by atoms with Crippen LogP contribution in [0.3, 0.4) is 0 Å². The van der Waals surface area contributed by atoms with Crippen molar-refractivity contribution < 1.29 is 19.5 Å². The third kappa shape index (κ3) is 2.24. The zero-order chi connectivity index (χ0) is 13.1. The SMILES string of the molecule is Cc1cc(C(=O)O)ccc1-c1ccc(C=NO)o1. The van der Waals surface area contributed by atoms with Gasteiger partial charge in [-0.15, -0.1) is 0 Å². The first-order valence-corrected chi connectivity index (χ1v) is 5.23. The highest BCUT2D eigenvalue weighted by atomic mass is 16.4. The van der Waals surface area contributed by atoms with Crippen LogP contribution in [0, 0.1) is 6.92 Å². The summed E-state index contributed by atoms with van der Waals surface area (Å²) in [6.45, 7) is 1.81. The van der Waals surface area contributed by atoms with E-state index < -0.39 is 5.97 Å². The lowest BCUT2D eigenvalue weighted by Crippen LogP contribution is -1.96. The molecule has 0 bridgehead atoms. The maximum absolute atomic E-state index is 10.8. The Bertz CT molecular complexity index is 613. The molecular formula is C13H11NO4. The molecule has 5 nitrogen and oxygen atoms in total. The molecule has 2 rings (SSSR count). The van der Waals surface area contributed by atoms with Gasteiger partial charge in [0.1, 0.15) is 17.7 Å². The van der Waals surface area contributed by atoms with Gasteiger partial charge in [-0.2, -0.15) is 0 Å². The summed E-state index contributed by atoms with van der Waals surface area (Å²) in [5.74, 6) is 0.0609. The molecular weight excluding hydrogens is 234 g/mol. The van der Waals surface area contributed by atoms with Crippen LogP contribution >= 0.6 is 0 Å². The summed E-state index contributed by atoms with van der Waals surface area (Å²) in [5.41, 5.74) is 1.84. The quantitative estimate of drug-likeness (QED) is 0.494. The summed E-state index contributed by atoms with van der Waals surface area (Å²) >= 11 is 0. The van der Waals surface area contributed by atoms with E-state index in [9.17, 15) is 4.79 Å². The molecule has 18 heavy (non-hydrogen) atoms. The van der Waals surface area contributed by atoms with Crippen LogP contribution in [0.25, 0.3) is 11.3 Å². The second-order valence-corrected chi connectivity index (χ2v) is 3.78. The molecule has 0 saturated heterocycles. The molecule has 0 saturated carbocycles. The summed E-state index contributed by atoms with van der Waals surface area (Å²) < 4.78 is 5.43. The number of aryl methyl sites for hydroxylation is 1. The van der Waals surface area contributed by atoms with Gasteiger partial charge in [0.15, 0.2) is 0 Å². The second-order valence-electron chi connectivity index (χ2n) is 3.78. The Morgan fingerprint density at radius 2 is 2.11 bits per heavy atom. The predicted octanol–water partition coefficient (Wildman–Crippen LogP) is 2.76. The van der Waals surface area contributed by atoms with Gasteiger partial charge in [-0.05, 0) is 36.8 Å². The van der Waals surface area contributed by atoms with Crippen LogP contribution in [0.4, 0.5) is 0 Å². The lowest BCUT2D eigenvalue weighted by Gasteiger charge is -2.03. The number of furan rings is 1. The Balaban J connectivity index is 2.41.